The van der Waals surface area contributed by atoms with Crippen molar-refractivity contribution in [3.63, 3.8) is 0 Å². The molecule has 1 aromatic heterocycles. The van der Waals surface area contributed by atoms with Gasteiger partial charge >= 0.3 is 0 Å². The van der Waals surface area contributed by atoms with Gasteiger partial charge in [-0.3, -0.25) is 0 Å². The molecule has 0 aliphatic rings. The Kier molecular flexibility index (Phi) is 2.62. The van der Waals surface area contributed by atoms with Gasteiger partial charge in [0.05, 0.1) is 0 Å². The normalized spacial score (nSPS) is 10.8. The molecule has 0 aliphatic heterocycles. The molecule has 0 radical (unpaired) electrons. The van der Waals surface area contributed by atoms with E-state index < -0.39 is 16.4 Å². The Morgan fingerprint density at radius 1 is 1.82 bits per heavy atom. The van der Waals surface area contributed by atoms with E-state index in [9.17, 15) is 8.60 Å². The molecule has 0 saturated heterocycles. The maximum Gasteiger partial charge on any atom is 0.119 e. The van der Waals surface area contributed by atoms with E-state index in [4.69, 9.17) is 4.78 Å². The number of halogens is 1. The summed E-state index contributed by atoms with van der Waals surface area (Å²) >= 11 is 1.10. The summed E-state index contributed by atoms with van der Waals surface area (Å²) in [4.78, 5) is 0.832. The number of nitrogens with one attached hydrogen (secondary N) is 1. The average molecular weight is 192 g/mol. The van der Waals surface area contributed by atoms with Crippen LogP contribution >= 0.6 is 11.3 Å². The molecule has 0 aliphatic carbocycles. The summed E-state index contributed by atoms with van der Waals surface area (Å²) in [5.41, 5.74) is 0. The molecule has 0 amide bonds. The molecule has 0 bridgehead atoms. The highest BCUT2D eigenvalue weighted by atomic mass is 32.2. The van der Waals surface area contributed by atoms with Gasteiger partial charge in [0.1, 0.15) is 5.82 Å². The Hall–Kier alpha value is -0.420. The van der Waals surface area contributed by atoms with Crippen LogP contribution in [0, 0.1) is 10.6 Å². The fourth-order valence-corrected chi connectivity index (χ4v) is 2.26. The molecule has 5 heteroatoms. The highest BCUT2D eigenvalue weighted by Crippen LogP contribution is 2.22. The van der Waals surface area contributed by atoms with Crippen molar-refractivity contribution in [3.05, 3.63) is 16.8 Å². The van der Waals surface area contributed by atoms with Crippen molar-refractivity contribution >= 4 is 21.9 Å². The summed E-state index contributed by atoms with van der Waals surface area (Å²) in [5, 5.41) is 0. The van der Waals surface area contributed by atoms with Crippen LogP contribution in [0.15, 0.2) is 10.3 Å². The Bertz CT molecular complexity index is 321. The molecular formula is C6H7FNOS2-. The van der Waals surface area contributed by atoms with Gasteiger partial charge in [-0.1, -0.05) is 6.92 Å². The first-order valence-corrected chi connectivity index (χ1v) is 5.03. The highest BCUT2D eigenvalue weighted by Gasteiger charge is 2.00. The third-order valence-corrected chi connectivity index (χ3v) is 3.51. The Morgan fingerprint density at radius 2 is 2.45 bits per heavy atom. The monoisotopic (exact) mass is 192 g/mol. The number of hydrogen-bond acceptors (Lipinski definition) is 4. The lowest BCUT2D eigenvalue weighted by atomic mass is 10.4. The summed E-state index contributed by atoms with van der Waals surface area (Å²) in [6.07, 6.45) is 0.721. The van der Waals surface area contributed by atoms with Crippen LogP contribution in [0.4, 0.5) is 4.39 Å². The van der Waals surface area contributed by atoms with Crippen LogP contribution < -0.4 is 0 Å². The molecular weight excluding hydrogens is 185 g/mol. The second-order valence-electron chi connectivity index (χ2n) is 1.97. The first-order valence-electron chi connectivity index (χ1n) is 3.06. The summed E-state index contributed by atoms with van der Waals surface area (Å²) in [6, 6.07) is 1.34. The smallest absolute Gasteiger partial charge is 0.119 e. The minimum Gasteiger partial charge on any atom is -0.439 e. The molecule has 0 unspecified atom stereocenters. The van der Waals surface area contributed by atoms with Crippen molar-refractivity contribution in [2.24, 2.45) is 0 Å². The van der Waals surface area contributed by atoms with Gasteiger partial charge in [-0.05, 0) is 16.7 Å². The Balaban J connectivity index is 3.17. The zero-order valence-electron chi connectivity index (χ0n) is 5.89. The molecule has 0 aromatic carbocycles. The standard InChI is InChI=1S/C6H7FNOS2/c1-2-4-3-5(7)6(10-4)11(8)9/h3,8H,2H2,1H3/q-1. The first-order chi connectivity index (χ1) is 5.15. The van der Waals surface area contributed by atoms with Crippen LogP contribution in [0.3, 0.4) is 0 Å². The molecule has 1 aromatic rings. The molecule has 0 spiro atoms. The van der Waals surface area contributed by atoms with Crippen molar-refractivity contribution in [1.82, 2.24) is 0 Å². The number of thiophene rings is 1. The SMILES string of the molecule is CCc1cc(F)c([S-](=N)=O)s1. The van der Waals surface area contributed by atoms with E-state index in [-0.39, 0.29) is 4.21 Å². The van der Waals surface area contributed by atoms with Crippen LogP contribution in [0.25, 0.3) is 0 Å². The molecule has 11 heavy (non-hydrogen) atoms. The third-order valence-electron chi connectivity index (χ3n) is 1.22. The van der Waals surface area contributed by atoms with Gasteiger partial charge in [-0.15, -0.1) is 0 Å². The van der Waals surface area contributed by atoms with E-state index >= 15 is 0 Å². The van der Waals surface area contributed by atoms with Crippen molar-refractivity contribution in [1.29, 1.82) is 4.78 Å². The second-order valence-corrected chi connectivity index (χ2v) is 4.31. The molecule has 1 heterocycles. The Labute approximate surface area is 70.1 Å². The molecule has 0 fully saturated rings. The predicted octanol–water partition coefficient (Wildman–Crippen LogP) is 2.53. The van der Waals surface area contributed by atoms with Crippen LogP contribution in [0.1, 0.15) is 11.8 Å². The van der Waals surface area contributed by atoms with E-state index in [1.165, 1.54) is 6.07 Å². The van der Waals surface area contributed by atoms with Crippen molar-refractivity contribution < 1.29 is 8.60 Å². The lowest BCUT2D eigenvalue weighted by molar-refractivity contribution is 0.585. The number of aryl methyl sites for hydroxylation is 1. The minimum absolute atomic E-state index is 0.0295. The van der Waals surface area contributed by atoms with E-state index in [2.05, 4.69) is 0 Å². The summed E-state index contributed by atoms with van der Waals surface area (Å²) in [7, 11) is -1.93. The minimum atomic E-state index is -1.93. The number of rotatable bonds is 2. The van der Waals surface area contributed by atoms with Crippen LogP contribution in [0.5, 0.6) is 0 Å². The van der Waals surface area contributed by atoms with Crippen LogP contribution in [-0.4, -0.2) is 0 Å². The fraction of sp³-hybridized carbons (Fsp3) is 0.333. The maximum atomic E-state index is 12.7. The molecule has 0 saturated carbocycles. The summed E-state index contributed by atoms with van der Waals surface area (Å²) < 4.78 is 30.1. The Morgan fingerprint density at radius 3 is 2.73 bits per heavy atom. The molecule has 1 rings (SSSR count). The van der Waals surface area contributed by atoms with Gasteiger partial charge in [0, 0.05) is 4.88 Å². The van der Waals surface area contributed by atoms with Crippen LogP contribution in [-0.2, 0) is 21.2 Å². The third kappa shape index (κ3) is 1.78. The molecule has 1 N–H and O–H groups in total. The van der Waals surface area contributed by atoms with Gasteiger partial charge in [-0.2, -0.15) is 21.9 Å². The summed E-state index contributed by atoms with van der Waals surface area (Å²) in [6.45, 7) is 1.89. The molecule has 2 nitrogen and oxygen atoms in total. The van der Waals surface area contributed by atoms with E-state index in [1.54, 1.807) is 0 Å². The van der Waals surface area contributed by atoms with E-state index in [0.717, 1.165) is 22.6 Å². The van der Waals surface area contributed by atoms with Crippen molar-refractivity contribution in [2.75, 3.05) is 0 Å². The highest BCUT2D eigenvalue weighted by molar-refractivity contribution is 7.76. The lowest BCUT2D eigenvalue weighted by Crippen LogP contribution is -1.72. The zero-order valence-corrected chi connectivity index (χ0v) is 7.52. The van der Waals surface area contributed by atoms with Crippen molar-refractivity contribution in [2.45, 2.75) is 17.6 Å². The van der Waals surface area contributed by atoms with E-state index in [0.29, 0.717) is 0 Å². The quantitative estimate of drug-likeness (QED) is 0.719. The first kappa shape index (κ1) is 8.67. The maximum absolute atomic E-state index is 12.7. The second kappa shape index (κ2) is 3.32. The fourth-order valence-electron chi connectivity index (χ4n) is 0.698. The van der Waals surface area contributed by atoms with Gasteiger partial charge in [0.25, 0.3) is 0 Å². The van der Waals surface area contributed by atoms with Crippen LogP contribution in [0.2, 0.25) is 0 Å². The molecule has 0 atom stereocenters. The zero-order chi connectivity index (χ0) is 8.43. The summed E-state index contributed by atoms with van der Waals surface area (Å²) in [5.74, 6) is -0.514. The average Bonchev–Trinajstić information content (AvgIpc) is 2.30. The van der Waals surface area contributed by atoms with Gasteiger partial charge in [0.15, 0.2) is 0 Å². The largest absolute Gasteiger partial charge is 0.439 e. The van der Waals surface area contributed by atoms with Gasteiger partial charge < -0.3 is 8.99 Å². The topological polar surface area (TPSA) is 40.9 Å². The lowest BCUT2D eigenvalue weighted by Gasteiger charge is -1.93. The molecule has 62 valence electrons. The number of hydrogen-bond donors (Lipinski definition) is 1. The van der Waals surface area contributed by atoms with Crippen molar-refractivity contribution in [3.8, 4) is 0 Å². The van der Waals surface area contributed by atoms with Gasteiger partial charge in [-0.25, -0.2) is 4.39 Å². The predicted molar refractivity (Wildman–Crippen MR) is 42.7 cm³/mol. The van der Waals surface area contributed by atoms with E-state index in [1.807, 2.05) is 6.92 Å². The van der Waals surface area contributed by atoms with Gasteiger partial charge in [0.2, 0.25) is 0 Å².